The molecule has 1 saturated carbocycles. The second-order valence-electron chi connectivity index (χ2n) is 18.5. The molecule has 3 amide bonds. The highest BCUT2D eigenvalue weighted by molar-refractivity contribution is 9.10. The highest BCUT2D eigenvalue weighted by atomic mass is 79.9. The summed E-state index contributed by atoms with van der Waals surface area (Å²) in [6.07, 6.45) is -0.116. The minimum atomic E-state index is -1.13. The van der Waals surface area contributed by atoms with Crippen LogP contribution in [0.25, 0.3) is 10.9 Å². The number of nitrogens with one attached hydrogen (secondary N) is 2. The number of carboxylic acid groups (broad SMARTS) is 1. The first-order valence-electron chi connectivity index (χ1n) is 23.9. The molecule has 5 N–H and O–H groups in total. The lowest BCUT2D eigenvalue weighted by atomic mass is 10.0. The fourth-order valence-corrected chi connectivity index (χ4v) is 9.34. The van der Waals surface area contributed by atoms with Gasteiger partial charge < -0.3 is 64.3 Å². The zero-order chi connectivity index (χ0) is 51.5. The molecule has 1 aliphatic carbocycles. The number of rotatable bonds is 29. The van der Waals surface area contributed by atoms with E-state index in [1.54, 1.807) is 29.2 Å². The number of hydrogen-bond donors (Lipinski definition) is 4. The molecule has 23 nitrogen and oxygen atoms in total. The summed E-state index contributed by atoms with van der Waals surface area (Å²) in [5.41, 5.74) is 6.73. The largest absolute Gasteiger partial charge is 0.485 e. The topological polar surface area (TPSA) is 298 Å². The Morgan fingerprint density at radius 1 is 0.917 bits per heavy atom. The third kappa shape index (κ3) is 14.2. The SMILES string of the molecule is CC(=O)c1nn(CC(=O)N2[C@H](C(=O)Nc3nc(Br)ccc3C)C[C@@]3(C)C[C@@H]23)c2ccc(O[C@@H]3CO[C@H]4[C@@H]3OC[C@H]4OC(=O)COCCOCCNC(=O)COCCOCCCC(=O)CC[C@H](N)C(=O)O)cc12. The lowest BCUT2D eigenvalue weighted by Gasteiger charge is -2.27. The average molecular weight is 1070 g/mol. The lowest BCUT2D eigenvalue weighted by molar-refractivity contribution is -0.159. The zero-order valence-corrected chi connectivity index (χ0v) is 42.1. The normalized spacial score (nSPS) is 23.3. The number of nitrogens with two attached hydrogens (primary N) is 1. The monoisotopic (exact) mass is 1070 g/mol. The summed E-state index contributed by atoms with van der Waals surface area (Å²) in [6.45, 7) is 6.35. The minimum Gasteiger partial charge on any atom is -0.485 e. The van der Waals surface area contributed by atoms with Gasteiger partial charge in [-0.2, -0.15) is 5.10 Å². The van der Waals surface area contributed by atoms with Crippen molar-refractivity contribution in [3.05, 3.63) is 46.2 Å². The minimum absolute atomic E-state index is 0.0761. The molecule has 2 aromatic heterocycles. The van der Waals surface area contributed by atoms with Gasteiger partial charge in [-0.3, -0.25) is 33.4 Å². The average Bonchev–Trinajstić information content (AvgIpc) is 3.75. The van der Waals surface area contributed by atoms with Crippen LogP contribution in [0.15, 0.2) is 34.9 Å². The zero-order valence-electron chi connectivity index (χ0n) is 40.5. The van der Waals surface area contributed by atoms with Gasteiger partial charge in [-0.1, -0.05) is 13.0 Å². The Bertz CT molecular complexity index is 2470. The number of anilines is 1. The van der Waals surface area contributed by atoms with Crippen LogP contribution in [-0.4, -0.2) is 181 Å². The molecule has 0 radical (unpaired) electrons. The van der Waals surface area contributed by atoms with Crippen LogP contribution in [0.1, 0.15) is 68.4 Å². The van der Waals surface area contributed by atoms with Crippen molar-refractivity contribution >= 4 is 73.9 Å². The van der Waals surface area contributed by atoms with Gasteiger partial charge in [0.1, 0.15) is 71.7 Å². The summed E-state index contributed by atoms with van der Waals surface area (Å²) in [6, 6.07) is 6.94. The molecule has 392 valence electrons. The molecule has 8 atom stereocenters. The number of fused-ring (bicyclic) bond motifs is 3. The van der Waals surface area contributed by atoms with Crippen LogP contribution in [0.3, 0.4) is 0 Å². The predicted molar refractivity (Wildman–Crippen MR) is 256 cm³/mol. The summed E-state index contributed by atoms with van der Waals surface area (Å²) >= 11 is 3.35. The van der Waals surface area contributed by atoms with Crippen molar-refractivity contribution in [1.29, 1.82) is 0 Å². The van der Waals surface area contributed by atoms with Gasteiger partial charge in [0.15, 0.2) is 18.0 Å². The molecular formula is C48H62BrN7O16. The van der Waals surface area contributed by atoms with Crippen LogP contribution < -0.4 is 21.1 Å². The van der Waals surface area contributed by atoms with E-state index in [9.17, 15) is 33.6 Å². The molecule has 0 bridgehead atoms. The van der Waals surface area contributed by atoms with Crippen LogP contribution in [0.5, 0.6) is 5.75 Å². The Balaban J connectivity index is 0.770. The first-order chi connectivity index (χ1) is 34.5. The van der Waals surface area contributed by atoms with Crippen molar-refractivity contribution in [1.82, 2.24) is 25.0 Å². The first kappa shape index (κ1) is 54.3. The molecule has 3 aliphatic heterocycles. The molecule has 72 heavy (non-hydrogen) atoms. The number of pyridine rings is 1. The third-order valence-electron chi connectivity index (χ3n) is 13.0. The number of ether oxygens (including phenoxy) is 8. The number of aromatic nitrogens is 3. The second kappa shape index (κ2) is 25.0. The molecule has 24 heteroatoms. The molecule has 7 rings (SSSR count). The number of ketones is 2. The molecular weight excluding hydrogens is 1010 g/mol. The van der Waals surface area contributed by atoms with Gasteiger partial charge in [0.25, 0.3) is 0 Å². The van der Waals surface area contributed by atoms with Crippen LogP contribution in [0.4, 0.5) is 5.82 Å². The number of hydrogen-bond acceptors (Lipinski definition) is 18. The Kier molecular flexibility index (Phi) is 18.8. The maximum atomic E-state index is 14.1. The van der Waals surface area contributed by atoms with E-state index in [4.69, 9.17) is 48.7 Å². The molecule has 5 heterocycles. The van der Waals surface area contributed by atoms with E-state index in [-0.39, 0.29) is 138 Å². The molecule has 3 aromatic rings. The number of nitrogens with zero attached hydrogens (tertiary/aromatic N) is 4. The Hall–Kier alpha value is -5.47. The first-order valence-corrected chi connectivity index (χ1v) is 24.7. The van der Waals surface area contributed by atoms with Crippen molar-refractivity contribution in [2.75, 3.05) is 77.9 Å². The summed E-state index contributed by atoms with van der Waals surface area (Å²) in [4.78, 5) is 93.8. The standard InChI is InChI=1S/C48H62BrN7O16/c1-27-6-11-38(49)52-45(27)53-46(62)34-20-48(3)21-37(48)56(34)40(60)22-55-33-10-8-30(19-31(33)42(54-55)28(2)57)71-35-23-69-44-36(24-70-43(35)44)72-41(61)26-68-18-16-66-14-12-51-39(59)25-67-17-15-65-13-4-5-29(58)7-9-32(50)47(63)64/h6,8,10-11,19,32,34-37,43-44H,4-5,7,9,12-18,20-26,50H2,1-3H3,(H,51,59)(H,63,64)(H,52,53,62)/t32-,34-,35+,36+,37+,43+,44+,48-/m0/s1. The van der Waals surface area contributed by atoms with Gasteiger partial charge in [0.2, 0.25) is 17.7 Å². The number of aryl methyl sites for hydroxylation is 1. The number of piperidine rings is 1. The van der Waals surface area contributed by atoms with Gasteiger partial charge in [0, 0.05) is 44.3 Å². The Morgan fingerprint density at radius 3 is 2.38 bits per heavy atom. The summed E-state index contributed by atoms with van der Waals surface area (Å²) in [5.74, 6) is -2.21. The Labute approximate surface area is 423 Å². The van der Waals surface area contributed by atoms with E-state index in [0.29, 0.717) is 46.5 Å². The van der Waals surface area contributed by atoms with Crippen LogP contribution in [0.2, 0.25) is 0 Å². The number of carboxylic acids is 1. The highest BCUT2D eigenvalue weighted by Gasteiger charge is 2.64. The molecule has 3 saturated heterocycles. The number of likely N-dealkylation sites (tertiary alicyclic amines) is 1. The summed E-state index contributed by atoms with van der Waals surface area (Å²) in [5, 5.41) is 19.4. The number of halogens is 1. The lowest BCUT2D eigenvalue weighted by Crippen LogP contribution is -2.47. The number of esters is 1. The van der Waals surface area contributed by atoms with Crippen molar-refractivity contribution in [2.24, 2.45) is 11.1 Å². The van der Waals surface area contributed by atoms with Crippen molar-refractivity contribution in [3.63, 3.8) is 0 Å². The van der Waals surface area contributed by atoms with E-state index in [0.717, 1.165) is 12.0 Å². The van der Waals surface area contributed by atoms with E-state index in [2.05, 4.69) is 43.6 Å². The number of aliphatic carboxylic acids is 1. The second-order valence-corrected chi connectivity index (χ2v) is 19.3. The molecule has 1 aromatic carbocycles. The van der Waals surface area contributed by atoms with E-state index in [1.165, 1.54) is 11.6 Å². The van der Waals surface area contributed by atoms with Crippen LogP contribution in [-0.2, 0) is 68.5 Å². The number of carbonyl (C=O) groups excluding carboxylic acids is 6. The fourth-order valence-electron chi connectivity index (χ4n) is 9.03. The van der Waals surface area contributed by atoms with Gasteiger partial charge in [-0.25, -0.2) is 9.78 Å². The molecule has 4 fully saturated rings. The summed E-state index contributed by atoms with van der Waals surface area (Å²) < 4.78 is 47.5. The van der Waals surface area contributed by atoms with E-state index < -0.39 is 48.4 Å². The van der Waals surface area contributed by atoms with Gasteiger partial charge in [-0.15, -0.1) is 0 Å². The Morgan fingerprint density at radius 2 is 1.62 bits per heavy atom. The van der Waals surface area contributed by atoms with Crippen LogP contribution >= 0.6 is 15.9 Å². The molecule has 0 unspecified atom stereocenters. The van der Waals surface area contributed by atoms with Crippen LogP contribution in [0, 0.1) is 12.3 Å². The maximum absolute atomic E-state index is 14.1. The number of amides is 3. The van der Waals surface area contributed by atoms with Gasteiger partial charge in [0.05, 0.1) is 51.8 Å². The van der Waals surface area contributed by atoms with Crippen molar-refractivity contribution in [2.45, 2.75) is 108 Å². The third-order valence-corrected chi connectivity index (χ3v) is 13.4. The van der Waals surface area contributed by atoms with Gasteiger partial charge in [-0.05, 0) is 83.8 Å². The smallest absolute Gasteiger partial charge is 0.332 e. The molecule has 0 spiro atoms. The van der Waals surface area contributed by atoms with Crippen molar-refractivity contribution < 1.29 is 76.6 Å². The quantitative estimate of drug-likeness (QED) is 0.0334. The van der Waals surface area contributed by atoms with E-state index >= 15 is 0 Å². The van der Waals surface area contributed by atoms with Crippen molar-refractivity contribution in [3.8, 4) is 5.75 Å². The molecule has 4 aliphatic rings. The van der Waals surface area contributed by atoms with Gasteiger partial charge >= 0.3 is 11.9 Å². The highest BCUT2D eigenvalue weighted by Crippen LogP contribution is 2.59. The number of carbonyl (C=O) groups is 7. The fraction of sp³-hybridized carbons (Fsp3) is 0.604. The number of benzene rings is 1. The van der Waals surface area contributed by atoms with E-state index in [1.807, 2.05) is 13.0 Å². The summed E-state index contributed by atoms with van der Waals surface area (Å²) in [7, 11) is 0. The maximum Gasteiger partial charge on any atom is 0.332 e. The predicted octanol–water partition coefficient (Wildman–Crippen LogP) is 1.90. The number of Topliss-reactive ketones (excluding diaryl/α,β-unsaturated/α-hetero) is 2.